The zero-order chi connectivity index (χ0) is 23.9. The second kappa shape index (κ2) is 8.55. The fourth-order valence-corrected chi connectivity index (χ4v) is 4.26. The van der Waals surface area contributed by atoms with Gasteiger partial charge in [0.1, 0.15) is 12.0 Å². The van der Waals surface area contributed by atoms with Crippen LogP contribution in [0.5, 0.6) is 0 Å². The minimum atomic E-state index is -0.245. The van der Waals surface area contributed by atoms with E-state index in [-0.39, 0.29) is 11.6 Å². The maximum absolute atomic E-state index is 13.5. The van der Waals surface area contributed by atoms with Gasteiger partial charge in [0.2, 0.25) is 0 Å². The molecular formula is C25H24N8O2. The van der Waals surface area contributed by atoms with Gasteiger partial charge >= 0.3 is 0 Å². The lowest BCUT2D eigenvalue weighted by Gasteiger charge is -2.14. The van der Waals surface area contributed by atoms with Gasteiger partial charge in [-0.3, -0.25) is 4.79 Å². The molecule has 1 atom stereocenters. The van der Waals surface area contributed by atoms with Crippen molar-refractivity contribution in [2.45, 2.75) is 31.7 Å². The molecule has 1 aliphatic rings. The molecule has 0 radical (unpaired) electrons. The van der Waals surface area contributed by atoms with E-state index in [1.807, 2.05) is 52.6 Å². The van der Waals surface area contributed by atoms with Crippen LogP contribution in [-0.2, 0) is 4.74 Å². The predicted octanol–water partition coefficient (Wildman–Crippen LogP) is 3.31. The molecule has 1 fully saturated rings. The SMILES string of the molecule is COC[C@@H](C)n1cnnc1-c1cccc(-n2ncc3ccc(-n4cnc(C5CC5)c4)cc3c2=O)n1. The van der Waals surface area contributed by atoms with Gasteiger partial charge in [0.25, 0.3) is 5.56 Å². The van der Waals surface area contributed by atoms with Crippen molar-refractivity contribution in [2.75, 3.05) is 13.7 Å². The van der Waals surface area contributed by atoms with Crippen LogP contribution < -0.4 is 5.56 Å². The average molecular weight is 469 g/mol. The van der Waals surface area contributed by atoms with Gasteiger partial charge in [0, 0.05) is 30.3 Å². The summed E-state index contributed by atoms with van der Waals surface area (Å²) in [4.78, 5) is 22.7. The Morgan fingerprint density at radius 3 is 2.89 bits per heavy atom. The lowest BCUT2D eigenvalue weighted by molar-refractivity contribution is 0.162. The van der Waals surface area contributed by atoms with Crippen LogP contribution >= 0.6 is 0 Å². The third-order valence-corrected chi connectivity index (χ3v) is 6.30. The molecule has 0 unspecified atom stereocenters. The van der Waals surface area contributed by atoms with Gasteiger partial charge in [0.05, 0.1) is 36.3 Å². The zero-order valence-corrected chi connectivity index (χ0v) is 19.4. The van der Waals surface area contributed by atoms with Crippen LogP contribution in [0.15, 0.2) is 66.2 Å². The Kier molecular flexibility index (Phi) is 5.22. The van der Waals surface area contributed by atoms with Crippen LogP contribution in [0.3, 0.4) is 0 Å². The number of hydrogen-bond acceptors (Lipinski definition) is 7. The van der Waals surface area contributed by atoms with Crippen LogP contribution in [0.2, 0.25) is 0 Å². The molecule has 4 heterocycles. The Morgan fingerprint density at radius 2 is 2.06 bits per heavy atom. The van der Waals surface area contributed by atoms with Crippen LogP contribution in [0.1, 0.15) is 37.4 Å². The van der Waals surface area contributed by atoms with Crippen LogP contribution in [0.25, 0.3) is 33.8 Å². The minimum absolute atomic E-state index is 0.0269. The van der Waals surface area contributed by atoms with Crippen LogP contribution in [0.4, 0.5) is 0 Å². The third kappa shape index (κ3) is 3.91. The van der Waals surface area contributed by atoms with Gasteiger partial charge in [-0.25, -0.2) is 9.97 Å². The molecule has 1 aliphatic carbocycles. The van der Waals surface area contributed by atoms with E-state index >= 15 is 0 Å². The molecule has 1 aromatic carbocycles. The Bertz CT molecular complexity index is 1580. The number of rotatable bonds is 7. The second-order valence-electron chi connectivity index (χ2n) is 8.86. The molecule has 0 amide bonds. The van der Waals surface area contributed by atoms with E-state index in [1.54, 1.807) is 32.0 Å². The molecule has 6 rings (SSSR count). The first-order valence-electron chi connectivity index (χ1n) is 11.5. The van der Waals surface area contributed by atoms with Crippen LogP contribution in [-0.4, -0.2) is 52.8 Å². The number of benzene rings is 1. The monoisotopic (exact) mass is 468 g/mol. The van der Waals surface area contributed by atoms with Crippen molar-refractivity contribution >= 4 is 10.8 Å². The summed E-state index contributed by atoms with van der Waals surface area (Å²) >= 11 is 0. The average Bonchev–Trinajstić information content (AvgIpc) is 3.40. The largest absolute Gasteiger partial charge is 0.383 e. The molecule has 10 heteroatoms. The summed E-state index contributed by atoms with van der Waals surface area (Å²) in [6, 6.07) is 11.2. The van der Waals surface area contributed by atoms with E-state index < -0.39 is 0 Å². The quantitative estimate of drug-likeness (QED) is 0.361. The first-order valence-corrected chi connectivity index (χ1v) is 11.5. The van der Waals surface area contributed by atoms with Crippen molar-refractivity contribution in [3.63, 3.8) is 0 Å². The van der Waals surface area contributed by atoms with Crippen molar-refractivity contribution in [3.8, 4) is 23.0 Å². The van der Waals surface area contributed by atoms with Gasteiger partial charge < -0.3 is 13.9 Å². The maximum atomic E-state index is 13.5. The van der Waals surface area contributed by atoms with E-state index in [1.165, 1.54) is 17.5 Å². The Balaban J connectivity index is 1.39. The highest BCUT2D eigenvalue weighted by Crippen LogP contribution is 2.39. The fourth-order valence-electron chi connectivity index (χ4n) is 4.26. The number of aromatic nitrogens is 8. The number of ether oxygens (including phenoxy) is 1. The molecule has 0 bridgehead atoms. The molecule has 10 nitrogen and oxygen atoms in total. The highest BCUT2D eigenvalue weighted by Gasteiger charge is 2.25. The van der Waals surface area contributed by atoms with Gasteiger partial charge in [-0.1, -0.05) is 12.1 Å². The molecule has 176 valence electrons. The van der Waals surface area contributed by atoms with E-state index in [0.717, 1.165) is 16.8 Å². The Labute approximate surface area is 200 Å². The zero-order valence-electron chi connectivity index (χ0n) is 19.4. The Morgan fingerprint density at radius 1 is 1.17 bits per heavy atom. The second-order valence-corrected chi connectivity index (χ2v) is 8.86. The summed E-state index contributed by atoms with van der Waals surface area (Å²) in [7, 11) is 1.65. The van der Waals surface area contributed by atoms with E-state index in [0.29, 0.717) is 35.2 Å². The van der Waals surface area contributed by atoms with Gasteiger partial charge in [-0.05, 0) is 44.0 Å². The highest BCUT2D eigenvalue weighted by atomic mass is 16.5. The topological polar surface area (TPSA) is 106 Å². The summed E-state index contributed by atoms with van der Waals surface area (Å²) in [5, 5.41) is 14.0. The van der Waals surface area contributed by atoms with Crippen LogP contribution in [0, 0.1) is 0 Å². The van der Waals surface area contributed by atoms with Crippen molar-refractivity contribution in [1.82, 2.24) is 39.1 Å². The Hall–Kier alpha value is -4.18. The fraction of sp³-hybridized carbons (Fsp3) is 0.280. The molecule has 0 N–H and O–H groups in total. The molecule has 35 heavy (non-hydrogen) atoms. The first-order chi connectivity index (χ1) is 17.1. The number of imidazole rings is 1. The molecule has 1 saturated carbocycles. The molecule has 4 aromatic heterocycles. The smallest absolute Gasteiger partial charge is 0.280 e. The summed E-state index contributed by atoms with van der Waals surface area (Å²) in [6.07, 6.45) is 9.57. The summed E-state index contributed by atoms with van der Waals surface area (Å²) in [5.41, 5.74) is 2.34. The number of methoxy groups -OCH3 is 1. The number of pyridine rings is 1. The van der Waals surface area contributed by atoms with Crippen molar-refractivity contribution < 1.29 is 4.74 Å². The standard InChI is InChI=1S/C25H24N8O2/c1-16(13-35-2)32-15-27-30-24(32)21-4-3-5-23(29-21)33-25(34)20-10-19(9-8-18(20)11-28-33)31-12-22(26-14-31)17-6-7-17/h3-5,8-12,14-17H,6-7,13H2,1-2H3/t16-/m1/s1. The summed E-state index contributed by atoms with van der Waals surface area (Å²) < 4.78 is 10.5. The third-order valence-electron chi connectivity index (χ3n) is 6.30. The lowest BCUT2D eigenvalue weighted by atomic mass is 10.2. The predicted molar refractivity (Wildman–Crippen MR) is 130 cm³/mol. The van der Waals surface area contributed by atoms with Crippen molar-refractivity contribution in [1.29, 1.82) is 0 Å². The maximum Gasteiger partial charge on any atom is 0.280 e. The minimum Gasteiger partial charge on any atom is -0.383 e. The molecule has 0 saturated heterocycles. The first kappa shape index (κ1) is 21.4. The summed E-state index contributed by atoms with van der Waals surface area (Å²) in [6.45, 7) is 2.53. The van der Waals surface area contributed by atoms with Gasteiger partial charge in [0.15, 0.2) is 11.6 Å². The number of hydrogen-bond donors (Lipinski definition) is 0. The highest BCUT2D eigenvalue weighted by molar-refractivity contribution is 5.83. The molecule has 0 spiro atoms. The van der Waals surface area contributed by atoms with Gasteiger partial charge in [-0.15, -0.1) is 10.2 Å². The molecule has 5 aromatic rings. The lowest BCUT2D eigenvalue weighted by Crippen LogP contribution is -2.22. The van der Waals surface area contributed by atoms with E-state index in [9.17, 15) is 4.79 Å². The number of nitrogens with zero attached hydrogens (tertiary/aromatic N) is 8. The van der Waals surface area contributed by atoms with Crippen molar-refractivity contribution in [3.05, 3.63) is 77.5 Å². The van der Waals surface area contributed by atoms with E-state index in [4.69, 9.17) is 4.74 Å². The number of fused-ring (bicyclic) bond motifs is 1. The molecule has 0 aliphatic heterocycles. The van der Waals surface area contributed by atoms with Gasteiger partial charge in [-0.2, -0.15) is 9.78 Å². The van der Waals surface area contributed by atoms with Crippen molar-refractivity contribution in [2.24, 2.45) is 0 Å². The molecular weight excluding hydrogens is 444 g/mol. The normalized spacial score (nSPS) is 14.5. The summed E-state index contributed by atoms with van der Waals surface area (Å²) in [5.74, 6) is 1.58. The van der Waals surface area contributed by atoms with E-state index in [2.05, 4.69) is 25.3 Å².